The van der Waals surface area contributed by atoms with Crippen molar-refractivity contribution in [3.63, 3.8) is 0 Å². The Morgan fingerprint density at radius 2 is 1.81 bits per heavy atom. The van der Waals surface area contributed by atoms with Crippen LogP contribution < -0.4 is 4.72 Å². The molecule has 4 fully saturated rings. The van der Waals surface area contributed by atoms with E-state index < -0.39 is 16.1 Å². The largest absolute Gasteiger partial charge is 0.441 e. The van der Waals surface area contributed by atoms with Crippen LogP contribution in [-0.2, 0) is 24.3 Å². The average molecular weight is 403 g/mol. The van der Waals surface area contributed by atoms with Gasteiger partial charge >= 0.3 is 6.09 Å². The number of hydrogen-bond acceptors (Lipinski definition) is 6. The Bertz CT molecular complexity index is 659. The molecular weight excluding hydrogens is 372 g/mol. The number of hydrogen-bond donors (Lipinski definition) is 1. The van der Waals surface area contributed by atoms with Crippen LogP contribution in [0.3, 0.4) is 0 Å². The van der Waals surface area contributed by atoms with E-state index in [0.717, 1.165) is 31.9 Å². The highest BCUT2D eigenvalue weighted by Gasteiger charge is 2.42. The third kappa shape index (κ3) is 5.00. The van der Waals surface area contributed by atoms with E-state index in [1.807, 2.05) is 6.92 Å². The van der Waals surface area contributed by atoms with Crippen LogP contribution in [0.2, 0.25) is 0 Å². The Morgan fingerprint density at radius 1 is 1.11 bits per heavy atom. The van der Waals surface area contributed by atoms with Gasteiger partial charge in [0, 0.05) is 30.5 Å². The summed E-state index contributed by atoms with van der Waals surface area (Å²) < 4.78 is 37.5. The quantitative estimate of drug-likeness (QED) is 0.763. The Hall–Kier alpha value is -1.19. The number of carbonyl (C=O) groups is 2. The van der Waals surface area contributed by atoms with Gasteiger partial charge in [0.05, 0.1) is 19.0 Å². The first-order chi connectivity index (χ1) is 12.8. The highest BCUT2D eigenvalue weighted by molar-refractivity contribution is 7.88. The molecule has 2 saturated heterocycles. The monoisotopic (exact) mass is 402 g/mol. The fourth-order valence-corrected chi connectivity index (χ4v) is 5.59. The number of Topliss-reactive ketones (excluding diaryl/α,β-unsaturated/α-hetero) is 1. The molecule has 9 heteroatoms. The van der Waals surface area contributed by atoms with Crippen molar-refractivity contribution in [3.8, 4) is 0 Å². The smallest absolute Gasteiger partial charge is 0.410 e. The van der Waals surface area contributed by atoms with E-state index in [4.69, 9.17) is 9.47 Å². The lowest BCUT2D eigenvalue weighted by atomic mass is 9.90. The minimum atomic E-state index is -3.37. The SMILES string of the molecule is CCN1C(=O)OCC(=O)C2CC[C@H](NS(C)(=O)=O)C2COC2CCC1CC2. The summed E-state index contributed by atoms with van der Waals surface area (Å²) in [4.78, 5) is 26.9. The van der Waals surface area contributed by atoms with E-state index in [9.17, 15) is 18.0 Å². The number of ketones is 1. The lowest BCUT2D eigenvalue weighted by Gasteiger charge is -2.35. The molecule has 1 amide bonds. The maximum absolute atomic E-state index is 12.7. The summed E-state index contributed by atoms with van der Waals surface area (Å²) in [6.07, 6.45) is 5.34. The Labute approximate surface area is 161 Å². The topological polar surface area (TPSA) is 102 Å². The van der Waals surface area contributed by atoms with E-state index in [0.29, 0.717) is 26.0 Å². The number of ether oxygens (including phenoxy) is 2. The molecule has 154 valence electrons. The van der Waals surface area contributed by atoms with E-state index >= 15 is 0 Å². The summed E-state index contributed by atoms with van der Waals surface area (Å²) in [6.45, 7) is 2.55. The van der Waals surface area contributed by atoms with Crippen LogP contribution in [0.15, 0.2) is 0 Å². The molecule has 0 radical (unpaired) electrons. The molecule has 3 atom stereocenters. The predicted octanol–water partition coefficient (Wildman–Crippen LogP) is 1.30. The molecule has 0 spiro atoms. The fraction of sp³-hybridized carbons (Fsp3) is 0.889. The normalized spacial score (nSPS) is 35.8. The number of fused-ring (bicyclic) bond motifs is 7. The van der Waals surface area contributed by atoms with E-state index in [-0.39, 0.29) is 42.4 Å². The molecule has 8 nitrogen and oxygen atoms in total. The van der Waals surface area contributed by atoms with Crippen LogP contribution in [0, 0.1) is 11.8 Å². The molecule has 4 aliphatic rings. The standard InChI is InChI=1S/C18H30N2O6S/c1-3-20-12-4-6-13(7-5-12)25-10-15-14(17(21)11-26-18(20)22)8-9-16(15)19-27(2,23)24/h12-16,19H,3-11H2,1-2H3/t12?,13?,14?,15?,16-/m0/s1. The molecular formula is C18H30N2O6S. The molecule has 2 heterocycles. The average Bonchev–Trinajstić information content (AvgIpc) is 3.00. The van der Waals surface area contributed by atoms with E-state index in [2.05, 4.69) is 4.72 Å². The second-order valence-electron chi connectivity index (χ2n) is 7.91. The van der Waals surface area contributed by atoms with E-state index in [1.165, 1.54) is 0 Å². The van der Waals surface area contributed by atoms with Gasteiger partial charge in [-0.05, 0) is 45.4 Å². The first kappa shape index (κ1) is 20.5. The zero-order valence-corrected chi connectivity index (χ0v) is 16.9. The van der Waals surface area contributed by atoms with Gasteiger partial charge in [0.15, 0.2) is 12.4 Å². The maximum Gasteiger partial charge on any atom is 0.410 e. The van der Waals surface area contributed by atoms with Gasteiger partial charge in [-0.25, -0.2) is 17.9 Å². The molecule has 0 aromatic heterocycles. The third-order valence-electron chi connectivity index (χ3n) is 6.12. The molecule has 1 N–H and O–H groups in total. The second-order valence-corrected chi connectivity index (χ2v) is 9.70. The summed E-state index contributed by atoms with van der Waals surface area (Å²) in [5.41, 5.74) is 0. The summed E-state index contributed by atoms with van der Waals surface area (Å²) >= 11 is 0. The number of amides is 1. The number of nitrogens with zero attached hydrogens (tertiary/aromatic N) is 1. The van der Waals surface area contributed by atoms with Crippen LogP contribution in [0.1, 0.15) is 45.4 Å². The molecule has 2 unspecified atom stereocenters. The highest BCUT2D eigenvalue weighted by Crippen LogP contribution is 2.35. The second kappa shape index (κ2) is 8.45. The lowest BCUT2D eigenvalue weighted by molar-refractivity contribution is -0.128. The minimum absolute atomic E-state index is 0.0898. The van der Waals surface area contributed by atoms with Crippen LogP contribution >= 0.6 is 0 Å². The van der Waals surface area contributed by atoms with Crippen molar-refractivity contribution in [2.75, 3.05) is 26.0 Å². The van der Waals surface area contributed by atoms with Gasteiger partial charge in [0.1, 0.15) is 0 Å². The predicted molar refractivity (Wildman–Crippen MR) is 98.7 cm³/mol. The summed E-state index contributed by atoms with van der Waals surface area (Å²) in [7, 11) is -3.37. The molecule has 27 heavy (non-hydrogen) atoms. The molecule has 2 bridgehead atoms. The van der Waals surface area contributed by atoms with Crippen LogP contribution in [0.5, 0.6) is 0 Å². The van der Waals surface area contributed by atoms with Crippen molar-refractivity contribution < 1.29 is 27.5 Å². The number of carbonyl (C=O) groups excluding carboxylic acids is 2. The van der Waals surface area contributed by atoms with Crippen molar-refractivity contribution in [1.82, 2.24) is 9.62 Å². The van der Waals surface area contributed by atoms with Crippen molar-refractivity contribution >= 4 is 21.9 Å². The van der Waals surface area contributed by atoms with Gasteiger partial charge in [-0.15, -0.1) is 0 Å². The van der Waals surface area contributed by atoms with Crippen molar-refractivity contribution in [2.45, 2.75) is 63.6 Å². The van der Waals surface area contributed by atoms with Crippen LogP contribution in [0.25, 0.3) is 0 Å². The molecule has 0 aromatic carbocycles. The van der Waals surface area contributed by atoms with Gasteiger partial charge in [0.2, 0.25) is 10.0 Å². The number of nitrogens with one attached hydrogen (secondary N) is 1. The fourth-order valence-electron chi connectivity index (χ4n) is 4.75. The molecule has 2 aliphatic carbocycles. The molecule has 2 saturated carbocycles. The molecule has 0 aromatic rings. The number of rotatable bonds is 3. The van der Waals surface area contributed by atoms with Crippen LogP contribution in [0.4, 0.5) is 4.79 Å². The van der Waals surface area contributed by atoms with Crippen molar-refractivity contribution in [3.05, 3.63) is 0 Å². The van der Waals surface area contributed by atoms with Gasteiger partial charge in [-0.1, -0.05) is 0 Å². The summed E-state index contributed by atoms with van der Waals surface area (Å²) in [6, 6.07) is -0.199. The molecule has 4 rings (SSSR count). The minimum Gasteiger partial charge on any atom is -0.441 e. The molecule has 2 aliphatic heterocycles. The first-order valence-corrected chi connectivity index (χ1v) is 11.7. The Kier molecular flexibility index (Phi) is 6.43. The third-order valence-corrected chi connectivity index (χ3v) is 6.85. The van der Waals surface area contributed by atoms with Gasteiger partial charge in [0.25, 0.3) is 0 Å². The highest BCUT2D eigenvalue weighted by atomic mass is 32.2. The van der Waals surface area contributed by atoms with E-state index in [1.54, 1.807) is 4.90 Å². The van der Waals surface area contributed by atoms with Gasteiger partial charge in [-0.2, -0.15) is 0 Å². The van der Waals surface area contributed by atoms with Gasteiger partial charge < -0.3 is 14.4 Å². The summed E-state index contributed by atoms with van der Waals surface area (Å²) in [5, 5.41) is 0. The Balaban J connectivity index is 1.79. The lowest BCUT2D eigenvalue weighted by Crippen LogP contribution is -2.43. The number of sulfonamides is 1. The maximum atomic E-state index is 12.7. The van der Waals surface area contributed by atoms with Crippen LogP contribution in [-0.4, -0.2) is 69.4 Å². The zero-order valence-electron chi connectivity index (χ0n) is 16.1. The Morgan fingerprint density at radius 3 is 2.44 bits per heavy atom. The van der Waals surface area contributed by atoms with Crippen molar-refractivity contribution in [2.24, 2.45) is 11.8 Å². The first-order valence-electron chi connectivity index (χ1n) is 9.83. The van der Waals surface area contributed by atoms with Crippen molar-refractivity contribution in [1.29, 1.82) is 0 Å². The van der Waals surface area contributed by atoms with Gasteiger partial charge in [-0.3, -0.25) is 4.79 Å². The zero-order chi connectivity index (χ0) is 19.6. The summed E-state index contributed by atoms with van der Waals surface area (Å²) in [5.74, 6) is -0.742.